The number of pyridine rings is 1. The summed E-state index contributed by atoms with van der Waals surface area (Å²) in [6.07, 6.45) is 1.51. The molecule has 0 aliphatic rings. The average Bonchev–Trinajstić information content (AvgIpc) is 2.11. The second kappa shape index (κ2) is 4.75. The van der Waals surface area contributed by atoms with Crippen LogP contribution in [0.25, 0.3) is 0 Å². The Labute approximate surface area is 96.0 Å². The molecule has 0 atom stereocenters. The highest BCUT2D eigenvalue weighted by atomic mass is 79.9. The van der Waals surface area contributed by atoms with Crippen molar-refractivity contribution in [2.24, 2.45) is 5.92 Å². The number of carbonyl (C=O) groups is 1. The van der Waals surface area contributed by atoms with Gasteiger partial charge in [-0.05, 0) is 22.0 Å². The van der Waals surface area contributed by atoms with E-state index in [-0.39, 0.29) is 11.8 Å². The first-order valence-corrected chi connectivity index (χ1v) is 5.29. The first kappa shape index (κ1) is 11.5. The Morgan fingerprint density at radius 1 is 1.64 bits per heavy atom. The van der Waals surface area contributed by atoms with Crippen molar-refractivity contribution in [3.05, 3.63) is 21.9 Å². The van der Waals surface area contributed by atoms with E-state index in [0.717, 1.165) is 0 Å². The number of amides is 1. The van der Waals surface area contributed by atoms with E-state index in [4.69, 9.17) is 11.6 Å². The molecule has 0 spiro atoms. The molecular formula is C9H10BrClN2O. The topological polar surface area (TPSA) is 42.0 Å². The predicted molar refractivity (Wildman–Crippen MR) is 60.4 cm³/mol. The van der Waals surface area contributed by atoms with Gasteiger partial charge in [0.2, 0.25) is 5.91 Å². The summed E-state index contributed by atoms with van der Waals surface area (Å²) in [5.41, 5.74) is 0.594. The molecule has 0 bridgehead atoms. The fraction of sp³-hybridized carbons (Fsp3) is 0.333. The lowest BCUT2D eigenvalue weighted by molar-refractivity contribution is -0.118. The van der Waals surface area contributed by atoms with Crippen molar-refractivity contribution in [2.45, 2.75) is 13.8 Å². The molecule has 1 amide bonds. The fourth-order valence-electron chi connectivity index (χ4n) is 0.787. The number of halogens is 2. The number of hydrogen-bond donors (Lipinski definition) is 1. The summed E-state index contributed by atoms with van der Waals surface area (Å²) in [6, 6.07) is 1.65. The van der Waals surface area contributed by atoms with Crippen LogP contribution in [0.2, 0.25) is 5.02 Å². The lowest BCUT2D eigenvalue weighted by Crippen LogP contribution is -2.18. The SMILES string of the molecule is CC(C)C(=O)Nc1cc(Cl)cnc1Br. The van der Waals surface area contributed by atoms with E-state index in [0.29, 0.717) is 15.3 Å². The standard InChI is InChI=1S/C9H10BrClN2O/c1-5(2)9(14)13-7-3-6(11)4-12-8(7)10/h3-5H,1-2H3,(H,13,14). The lowest BCUT2D eigenvalue weighted by Gasteiger charge is -2.08. The summed E-state index contributed by atoms with van der Waals surface area (Å²) in [6.45, 7) is 3.64. The highest BCUT2D eigenvalue weighted by Crippen LogP contribution is 2.23. The molecule has 5 heteroatoms. The van der Waals surface area contributed by atoms with Crippen LogP contribution in [0, 0.1) is 5.92 Å². The van der Waals surface area contributed by atoms with Crippen molar-refractivity contribution < 1.29 is 4.79 Å². The van der Waals surface area contributed by atoms with Gasteiger partial charge in [0, 0.05) is 12.1 Å². The van der Waals surface area contributed by atoms with Crippen LogP contribution >= 0.6 is 27.5 Å². The Hall–Kier alpha value is -0.610. The minimum absolute atomic E-state index is 0.0604. The molecule has 0 fully saturated rings. The zero-order valence-electron chi connectivity index (χ0n) is 7.84. The molecule has 0 aromatic carbocycles. The van der Waals surface area contributed by atoms with Gasteiger partial charge in [0.05, 0.1) is 10.7 Å². The van der Waals surface area contributed by atoms with Crippen molar-refractivity contribution in [3.8, 4) is 0 Å². The van der Waals surface area contributed by atoms with Gasteiger partial charge in [-0.2, -0.15) is 0 Å². The number of anilines is 1. The van der Waals surface area contributed by atoms with Gasteiger partial charge in [0.1, 0.15) is 4.60 Å². The lowest BCUT2D eigenvalue weighted by atomic mass is 10.2. The van der Waals surface area contributed by atoms with Crippen LogP contribution in [-0.4, -0.2) is 10.9 Å². The molecule has 14 heavy (non-hydrogen) atoms. The number of carbonyl (C=O) groups excluding carboxylic acids is 1. The molecule has 0 radical (unpaired) electrons. The maximum absolute atomic E-state index is 11.4. The second-order valence-electron chi connectivity index (χ2n) is 3.14. The number of hydrogen-bond acceptors (Lipinski definition) is 2. The summed E-state index contributed by atoms with van der Waals surface area (Å²) in [7, 11) is 0. The van der Waals surface area contributed by atoms with Crippen molar-refractivity contribution in [1.82, 2.24) is 4.98 Å². The Kier molecular flexibility index (Phi) is 3.89. The van der Waals surface area contributed by atoms with Crippen molar-refractivity contribution >= 4 is 39.1 Å². The monoisotopic (exact) mass is 276 g/mol. The largest absolute Gasteiger partial charge is 0.324 e. The maximum Gasteiger partial charge on any atom is 0.226 e. The van der Waals surface area contributed by atoms with Crippen molar-refractivity contribution in [3.63, 3.8) is 0 Å². The number of nitrogens with one attached hydrogen (secondary N) is 1. The zero-order chi connectivity index (χ0) is 10.7. The molecule has 1 rings (SSSR count). The van der Waals surface area contributed by atoms with Gasteiger partial charge in [-0.15, -0.1) is 0 Å². The van der Waals surface area contributed by atoms with Crippen LogP contribution in [0.4, 0.5) is 5.69 Å². The van der Waals surface area contributed by atoms with Gasteiger partial charge in [-0.25, -0.2) is 4.98 Å². The molecule has 0 saturated carbocycles. The van der Waals surface area contributed by atoms with E-state index in [1.165, 1.54) is 6.20 Å². The zero-order valence-corrected chi connectivity index (χ0v) is 10.2. The van der Waals surface area contributed by atoms with Gasteiger partial charge in [-0.1, -0.05) is 25.4 Å². The van der Waals surface area contributed by atoms with Crippen molar-refractivity contribution in [1.29, 1.82) is 0 Å². The van der Waals surface area contributed by atoms with E-state index in [1.807, 2.05) is 13.8 Å². The van der Waals surface area contributed by atoms with Gasteiger partial charge in [-0.3, -0.25) is 4.79 Å². The first-order valence-electron chi connectivity index (χ1n) is 4.12. The third-order valence-corrected chi connectivity index (χ3v) is 2.43. The van der Waals surface area contributed by atoms with Crippen LogP contribution in [0.5, 0.6) is 0 Å². The molecule has 1 N–H and O–H groups in total. The third kappa shape index (κ3) is 2.96. The number of rotatable bonds is 2. The van der Waals surface area contributed by atoms with Crippen LogP contribution in [-0.2, 0) is 4.79 Å². The van der Waals surface area contributed by atoms with Crippen LogP contribution in [0.1, 0.15) is 13.8 Å². The van der Waals surface area contributed by atoms with Gasteiger partial charge in [0.15, 0.2) is 0 Å². The highest BCUT2D eigenvalue weighted by molar-refractivity contribution is 9.10. The molecule has 0 saturated heterocycles. The van der Waals surface area contributed by atoms with E-state index in [2.05, 4.69) is 26.2 Å². The Bertz CT molecular complexity index is 355. The van der Waals surface area contributed by atoms with E-state index in [1.54, 1.807) is 6.07 Å². The summed E-state index contributed by atoms with van der Waals surface area (Å²) < 4.78 is 0.580. The van der Waals surface area contributed by atoms with Gasteiger partial charge < -0.3 is 5.32 Å². The van der Waals surface area contributed by atoms with E-state index >= 15 is 0 Å². The molecule has 0 aliphatic heterocycles. The Balaban J connectivity index is 2.86. The van der Waals surface area contributed by atoms with Crippen LogP contribution < -0.4 is 5.32 Å². The molecule has 0 aliphatic carbocycles. The summed E-state index contributed by atoms with van der Waals surface area (Å²) in [5.74, 6) is -0.129. The van der Waals surface area contributed by atoms with E-state index in [9.17, 15) is 4.79 Å². The summed E-state index contributed by atoms with van der Waals surface area (Å²) >= 11 is 8.97. The summed E-state index contributed by atoms with van der Waals surface area (Å²) in [5, 5.41) is 3.21. The van der Waals surface area contributed by atoms with Crippen LogP contribution in [0.15, 0.2) is 16.9 Å². The maximum atomic E-state index is 11.4. The number of aromatic nitrogens is 1. The molecule has 1 aromatic rings. The Morgan fingerprint density at radius 2 is 2.29 bits per heavy atom. The molecular weight excluding hydrogens is 267 g/mol. The fourth-order valence-corrected chi connectivity index (χ4v) is 1.26. The average molecular weight is 278 g/mol. The smallest absolute Gasteiger partial charge is 0.226 e. The van der Waals surface area contributed by atoms with Gasteiger partial charge in [0.25, 0.3) is 0 Å². The second-order valence-corrected chi connectivity index (χ2v) is 4.32. The minimum atomic E-state index is -0.0686. The normalized spacial score (nSPS) is 10.4. The number of nitrogens with zero attached hydrogens (tertiary/aromatic N) is 1. The molecule has 76 valence electrons. The molecule has 1 heterocycles. The Morgan fingerprint density at radius 3 is 2.86 bits per heavy atom. The molecule has 0 unspecified atom stereocenters. The van der Waals surface area contributed by atoms with Gasteiger partial charge >= 0.3 is 0 Å². The summed E-state index contributed by atoms with van der Waals surface area (Å²) in [4.78, 5) is 15.3. The predicted octanol–water partition coefficient (Wildman–Crippen LogP) is 3.09. The first-order chi connectivity index (χ1) is 6.50. The molecule has 3 nitrogen and oxygen atoms in total. The van der Waals surface area contributed by atoms with E-state index < -0.39 is 0 Å². The molecule has 1 aromatic heterocycles. The highest BCUT2D eigenvalue weighted by Gasteiger charge is 2.10. The minimum Gasteiger partial charge on any atom is -0.324 e. The third-order valence-electron chi connectivity index (χ3n) is 1.59. The van der Waals surface area contributed by atoms with Crippen LogP contribution in [0.3, 0.4) is 0 Å². The quantitative estimate of drug-likeness (QED) is 0.844. The van der Waals surface area contributed by atoms with Crippen molar-refractivity contribution in [2.75, 3.05) is 5.32 Å².